The van der Waals surface area contributed by atoms with Crippen molar-refractivity contribution in [2.45, 2.75) is 51.1 Å². The summed E-state index contributed by atoms with van der Waals surface area (Å²) in [7, 11) is 1.34. The first-order valence-electron chi connectivity index (χ1n) is 6.14. The van der Waals surface area contributed by atoms with Gasteiger partial charge in [0, 0.05) is 18.5 Å². The van der Waals surface area contributed by atoms with Gasteiger partial charge in [0.05, 0.1) is 13.5 Å². The lowest BCUT2D eigenvalue weighted by Gasteiger charge is -2.17. The Hall–Kier alpha value is -0.810. The van der Waals surface area contributed by atoms with E-state index < -0.39 is 0 Å². The summed E-state index contributed by atoms with van der Waals surface area (Å²) >= 11 is 0. The highest BCUT2D eigenvalue weighted by molar-refractivity contribution is 5.85. The van der Waals surface area contributed by atoms with Gasteiger partial charge in [0.25, 0.3) is 0 Å². The van der Waals surface area contributed by atoms with Gasteiger partial charge in [-0.15, -0.1) is 12.4 Å². The lowest BCUT2D eigenvalue weighted by molar-refractivity contribution is -0.141. The van der Waals surface area contributed by atoms with Crippen molar-refractivity contribution in [1.29, 1.82) is 0 Å². The van der Waals surface area contributed by atoms with Crippen LogP contribution in [0.4, 0.5) is 0 Å². The first kappa shape index (κ1) is 17.2. The van der Waals surface area contributed by atoms with Crippen LogP contribution in [0.25, 0.3) is 0 Å². The third kappa shape index (κ3) is 5.69. The number of carbonyl (C=O) groups excluding carboxylic acids is 2. The number of halogens is 1. The van der Waals surface area contributed by atoms with Gasteiger partial charge >= 0.3 is 5.97 Å². The molecule has 1 saturated carbocycles. The summed E-state index contributed by atoms with van der Waals surface area (Å²) < 4.78 is 4.54. The van der Waals surface area contributed by atoms with Crippen LogP contribution < -0.4 is 11.1 Å². The minimum absolute atomic E-state index is 0. The minimum atomic E-state index is -0.310. The summed E-state index contributed by atoms with van der Waals surface area (Å²) in [5.74, 6) is -0.0422. The normalized spacial score (nSPS) is 23.9. The number of methoxy groups -OCH3 is 1. The van der Waals surface area contributed by atoms with Crippen LogP contribution in [0.15, 0.2) is 0 Å². The zero-order chi connectivity index (χ0) is 12.8. The van der Waals surface area contributed by atoms with Crippen LogP contribution in [-0.2, 0) is 14.3 Å². The molecule has 18 heavy (non-hydrogen) atoms. The van der Waals surface area contributed by atoms with Gasteiger partial charge in [0.15, 0.2) is 0 Å². The SMILES string of the molecule is COC(=O)CC(C)NC(=O)C[C@@H]1CCC[C@H]1N.Cl. The number of ether oxygens (including phenoxy) is 1. The summed E-state index contributed by atoms with van der Waals surface area (Å²) in [4.78, 5) is 22.7. The quantitative estimate of drug-likeness (QED) is 0.735. The van der Waals surface area contributed by atoms with Gasteiger partial charge in [-0.1, -0.05) is 6.42 Å². The molecule has 1 amide bonds. The molecule has 0 aromatic carbocycles. The van der Waals surface area contributed by atoms with E-state index in [2.05, 4.69) is 10.1 Å². The lowest BCUT2D eigenvalue weighted by Crippen LogP contribution is -2.37. The van der Waals surface area contributed by atoms with Gasteiger partial charge in [-0.25, -0.2) is 0 Å². The van der Waals surface area contributed by atoms with Crippen molar-refractivity contribution in [3.63, 3.8) is 0 Å². The molecule has 0 aliphatic heterocycles. The third-order valence-electron chi connectivity index (χ3n) is 3.27. The number of nitrogens with one attached hydrogen (secondary N) is 1. The van der Waals surface area contributed by atoms with Crippen LogP contribution in [0.1, 0.15) is 39.0 Å². The standard InChI is InChI=1S/C12H22N2O3.ClH/c1-8(6-12(16)17-2)14-11(15)7-9-4-3-5-10(9)13;/h8-10H,3-7,13H2,1-2H3,(H,14,15);1H/t8?,9-,10+;/m0./s1. The Morgan fingerprint density at radius 3 is 2.61 bits per heavy atom. The van der Waals surface area contributed by atoms with Crippen LogP contribution >= 0.6 is 12.4 Å². The molecule has 106 valence electrons. The fourth-order valence-electron chi connectivity index (χ4n) is 2.28. The van der Waals surface area contributed by atoms with Crippen molar-refractivity contribution in [3.8, 4) is 0 Å². The van der Waals surface area contributed by atoms with E-state index in [1.165, 1.54) is 7.11 Å². The molecule has 6 heteroatoms. The van der Waals surface area contributed by atoms with Crippen molar-refractivity contribution in [2.75, 3.05) is 7.11 Å². The smallest absolute Gasteiger partial charge is 0.307 e. The van der Waals surface area contributed by atoms with E-state index in [1.807, 2.05) is 0 Å². The Bertz CT molecular complexity index is 286. The van der Waals surface area contributed by atoms with E-state index in [4.69, 9.17) is 5.73 Å². The van der Waals surface area contributed by atoms with Crippen LogP contribution in [0, 0.1) is 5.92 Å². The highest BCUT2D eigenvalue weighted by Crippen LogP contribution is 2.26. The Labute approximate surface area is 114 Å². The predicted molar refractivity (Wildman–Crippen MR) is 71.4 cm³/mol. The summed E-state index contributed by atoms with van der Waals surface area (Å²) in [6, 6.07) is -0.0377. The Morgan fingerprint density at radius 2 is 2.11 bits per heavy atom. The molecule has 1 aliphatic rings. The molecule has 0 spiro atoms. The molecule has 0 heterocycles. The molecule has 0 aromatic heterocycles. The largest absolute Gasteiger partial charge is 0.469 e. The number of nitrogens with two attached hydrogens (primary N) is 1. The average Bonchev–Trinajstić information content (AvgIpc) is 2.63. The zero-order valence-electron chi connectivity index (χ0n) is 11.0. The van der Waals surface area contributed by atoms with Crippen LogP contribution in [0.3, 0.4) is 0 Å². The van der Waals surface area contributed by atoms with Crippen LogP contribution in [0.5, 0.6) is 0 Å². The molecular weight excluding hydrogens is 256 g/mol. The van der Waals surface area contributed by atoms with Crippen molar-refractivity contribution in [1.82, 2.24) is 5.32 Å². The van der Waals surface area contributed by atoms with E-state index in [0.717, 1.165) is 19.3 Å². The number of hydrogen-bond donors (Lipinski definition) is 2. The highest BCUT2D eigenvalue weighted by Gasteiger charge is 2.26. The molecule has 0 radical (unpaired) electrons. The van der Waals surface area contributed by atoms with Crippen LogP contribution in [0.2, 0.25) is 0 Å². The van der Waals surface area contributed by atoms with Crippen molar-refractivity contribution >= 4 is 24.3 Å². The molecule has 1 fully saturated rings. The third-order valence-corrected chi connectivity index (χ3v) is 3.27. The number of carbonyl (C=O) groups is 2. The molecule has 1 aliphatic carbocycles. The predicted octanol–water partition coefficient (Wildman–Crippen LogP) is 0.993. The maximum Gasteiger partial charge on any atom is 0.307 e. The van der Waals surface area contributed by atoms with Gasteiger partial charge in [-0.3, -0.25) is 9.59 Å². The fraction of sp³-hybridized carbons (Fsp3) is 0.833. The fourth-order valence-corrected chi connectivity index (χ4v) is 2.28. The molecule has 3 N–H and O–H groups in total. The summed E-state index contributed by atoms with van der Waals surface area (Å²) in [5, 5.41) is 2.80. The van der Waals surface area contributed by atoms with Crippen molar-refractivity contribution in [3.05, 3.63) is 0 Å². The van der Waals surface area contributed by atoms with Crippen molar-refractivity contribution in [2.24, 2.45) is 11.7 Å². The molecule has 0 bridgehead atoms. The second kappa shape index (κ2) is 8.32. The Kier molecular flexibility index (Phi) is 7.95. The molecular formula is C12H23ClN2O3. The summed E-state index contributed by atoms with van der Waals surface area (Å²) in [5.41, 5.74) is 5.91. The second-order valence-corrected chi connectivity index (χ2v) is 4.81. The van der Waals surface area contributed by atoms with Gasteiger partial charge < -0.3 is 15.8 Å². The first-order chi connectivity index (χ1) is 8.02. The molecule has 1 rings (SSSR count). The first-order valence-corrected chi connectivity index (χ1v) is 6.14. The molecule has 0 saturated heterocycles. The topological polar surface area (TPSA) is 81.4 Å². The van der Waals surface area contributed by atoms with Gasteiger partial charge in [0.1, 0.15) is 0 Å². The van der Waals surface area contributed by atoms with E-state index in [1.54, 1.807) is 6.92 Å². The zero-order valence-corrected chi connectivity index (χ0v) is 11.8. The monoisotopic (exact) mass is 278 g/mol. The van der Waals surface area contributed by atoms with E-state index >= 15 is 0 Å². The lowest BCUT2D eigenvalue weighted by atomic mass is 9.99. The van der Waals surface area contributed by atoms with Crippen LogP contribution in [-0.4, -0.2) is 31.1 Å². The van der Waals surface area contributed by atoms with Gasteiger partial charge in [-0.2, -0.15) is 0 Å². The second-order valence-electron chi connectivity index (χ2n) is 4.81. The van der Waals surface area contributed by atoms with E-state index in [0.29, 0.717) is 12.3 Å². The highest BCUT2D eigenvalue weighted by atomic mass is 35.5. The van der Waals surface area contributed by atoms with Gasteiger partial charge in [-0.05, 0) is 25.7 Å². The maximum absolute atomic E-state index is 11.7. The number of esters is 1. The number of hydrogen-bond acceptors (Lipinski definition) is 4. The van der Waals surface area contributed by atoms with Gasteiger partial charge in [0.2, 0.25) is 5.91 Å². The summed E-state index contributed by atoms with van der Waals surface area (Å²) in [6.07, 6.45) is 3.82. The molecule has 3 atom stereocenters. The maximum atomic E-state index is 11.7. The molecule has 5 nitrogen and oxygen atoms in total. The Balaban J connectivity index is 0.00000289. The summed E-state index contributed by atoms with van der Waals surface area (Å²) in [6.45, 7) is 1.80. The number of amides is 1. The molecule has 1 unspecified atom stereocenters. The minimum Gasteiger partial charge on any atom is -0.469 e. The van der Waals surface area contributed by atoms with E-state index in [9.17, 15) is 9.59 Å². The average molecular weight is 279 g/mol. The number of rotatable bonds is 5. The van der Waals surface area contributed by atoms with Crippen molar-refractivity contribution < 1.29 is 14.3 Å². The Morgan fingerprint density at radius 1 is 1.44 bits per heavy atom. The molecule has 0 aromatic rings. The van der Waals surface area contributed by atoms with E-state index in [-0.39, 0.29) is 42.8 Å².